The first-order chi connectivity index (χ1) is 11.4. The van der Waals surface area contributed by atoms with Crippen molar-refractivity contribution >= 4 is 12.2 Å². The van der Waals surface area contributed by atoms with Crippen molar-refractivity contribution in [3.8, 4) is 23.0 Å². The molecule has 0 aliphatic rings. The topological polar surface area (TPSA) is 69.9 Å². The van der Waals surface area contributed by atoms with Crippen LogP contribution in [0.2, 0.25) is 0 Å². The van der Waals surface area contributed by atoms with Crippen LogP contribution < -0.4 is 4.74 Å². The van der Waals surface area contributed by atoms with Crippen LogP contribution in [-0.2, 0) is 6.42 Å². The van der Waals surface area contributed by atoms with Crippen LogP contribution in [0.25, 0.3) is 12.2 Å². The number of phenols is 3. The number of hydrogen-bond acceptors (Lipinski definition) is 4. The molecule has 0 aliphatic carbocycles. The van der Waals surface area contributed by atoms with E-state index >= 15 is 0 Å². The van der Waals surface area contributed by atoms with E-state index in [0.717, 1.165) is 11.1 Å². The zero-order valence-electron chi connectivity index (χ0n) is 14.1. The number of phenolic OH excluding ortho intramolecular Hbond substituents is 3. The molecule has 0 aromatic heterocycles. The summed E-state index contributed by atoms with van der Waals surface area (Å²) in [6.07, 6.45) is 5.97. The van der Waals surface area contributed by atoms with Crippen LogP contribution in [0.15, 0.2) is 42.0 Å². The van der Waals surface area contributed by atoms with Crippen molar-refractivity contribution in [3.63, 3.8) is 0 Å². The van der Waals surface area contributed by atoms with Gasteiger partial charge in [0.25, 0.3) is 0 Å². The standard InChI is InChI=1S/C20H22O4/c1-13(2)4-8-16-17(21)11-15(12-18(16)22)6-5-14-7-9-20(24-3)19(23)10-14/h4-7,9-12,21-23H,8H2,1-3H3/b6-5+. The number of benzene rings is 2. The largest absolute Gasteiger partial charge is 0.507 e. The number of methoxy groups -OCH3 is 1. The highest BCUT2D eigenvalue weighted by Crippen LogP contribution is 2.31. The third kappa shape index (κ3) is 4.32. The molecule has 0 saturated carbocycles. The Morgan fingerprint density at radius 2 is 1.50 bits per heavy atom. The molecule has 126 valence electrons. The molecule has 24 heavy (non-hydrogen) atoms. The summed E-state index contributed by atoms with van der Waals surface area (Å²) in [4.78, 5) is 0. The lowest BCUT2D eigenvalue weighted by atomic mass is 10.0. The average molecular weight is 326 g/mol. The lowest BCUT2D eigenvalue weighted by Crippen LogP contribution is -1.87. The fourth-order valence-corrected chi connectivity index (χ4v) is 2.28. The number of aromatic hydroxyl groups is 3. The van der Waals surface area contributed by atoms with Gasteiger partial charge in [0, 0.05) is 5.56 Å². The number of rotatable bonds is 5. The molecule has 0 radical (unpaired) electrons. The van der Waals surface area contributed by atoms with Crippen LogP contribution in [0.1, 0.15) is 30.5 Å². The van der Waals surface area contributed by atoms with E-state index in [9.17, 15) is 15.3 Å². The van der Waals surface area contributed by atoms with Gasteiger partial charge in [-0.25, -0.2) is 0 Å². The summed E-state index contributed by atoms with van der Waals surface area (Å²) in [6, 6.07) is 8.27. The molecule has 0 fully saturated rings. The van der Waals surface area contributed by atoms with E-state index in [-0.39, 0.29) is 17.2 Å². The van der Waals surface area contributed by atoms with Crippen LogP contribution in [0.3, 0.4) is 0 Å². The van der Waals surface area contributed by atoms with E-state index in [1.807, 2.05) is 19.9 Å². The van der Waals surface area contributed by atoms with Gasteiger partial charge in [-0.1, -0.05) is 29.9 Å². The van der Waals surface area contributed by atoms with Crippen molar-refractivity contribution in [3.05, 3.63) is 58.7 Å². The number of allylic oxidation sites excluding steroid dienone is 2. The van der Waals surface area contributed by atoms with Crippen molar-refractivity contribution < 1.29 is 20.1 Å². The highest BCUT2D eigenvalue weighted by atomic mass is 16.5. The van der Waals surface area contributed by atoms with Crippen LogP contribution in [-0.4, -0.2) is 22.4 Å². The third-order valence-corrected chi connectivity index (χ3v) is 3.61. The van der Waals surface area contributed by atoms with Crippen molar-refractivity contribution in [2.24, 2.45) is 0 Å². The van der Waals surface area contributed by atoms with E-state index in [1.165, 1.54) is 7.11 Å². The van der Waals surface area contributed by atoms with Gasteiger partial charge >= 0.3 is 0 Å². The fourth-order valence-electron chi connectivity index (χ4n) is 2.28. The summed E-state index contributed by atoms with van der Waals surface area (Å²) < 4.78 is 5.00. The minimum Gasteiger partial charge on any atom is -0.507 e. The summed E-state index contributed by atoms with van der Waals surface area (Å²) in [5.41, 5.74) is 3.08. The second-order valence-electron chi connectivity index (χ2n) is 5.79. The monoisotopic (exact) mass is 326 g/mol. The van der Waals surface area contributed by atoms with Crippen molar-refractivity contribution in [1.29, 1.82) is 0 Å². The minimum atomic E-state index is 0.0578. The van der Waals surface area contributed by atoms with Gasteiger partial charge in [-0.15, -0.1) is 0 Å². The lowest BCUT2D eigenvalue weighted by molar-refractivity contribution is 0.373. The Balaban J connectivity index is 2.24. The predicted octanol–water partition coefficient (Wildman–Crippen LogP) is 4.49. The molecule has 2 rings (SSSR count). The SMILES string of the molecule is COc1ccc(/C=C/c2cc(O)c(CC=C(C)C)c(O)c2)cc1O. The van der Waals surface area contributed by atoms with Crippen molar-refractivity contribution in [2.45, 2.75) is 20.3 Å². The molecule has 0 bridgehead atoms. The van der Waals surface area contributed by atoms with Crippen LogP contribution in [0, 0.1) is 0 Å². The van der Waals surface area contributed by atoms with Gasteiger partial charge in [-0.05, 0) is 55.7 Å². The molecule has 2 aromatic rings. The van der Waals surface area contributed by atoms with Crippen LogP contribution >= 0.6 is 0 Å². The molecular weight excluding hydrogens is 304 g/mol. The maximum Gasteiger partial charge on any atom is 0.160 e. The molecule has 2 aromatic carbocycles. The second kappa shape index (κ2) is 7.59. The molecule has 4 nitrogen and oxygen atoms in total. The smallest absolute Gasteiger partial charge is 0.160 e. The quantitative estimate of drug-likeness (QED) is 0.559. The van der Waals surface area contributed by atoms with Gasteiger partial charge in [0.2, 0.25) is 0 Å². The van der Waals surface area contributed by atoms with Crippen LogP contribution in [0.5, 0.6) is 23.0 Å². The summed E-state index contributed by atoms with van der Waals surface area (Å²) in [6.45, 7) is 3.94. The van der Waals surface area contributed by atoms with E-state index in [2.05, 4.69) is 0 Å². The highest BCUT2D eigenvalue weighted by molar-refractivity contribution is 5.72. The van der Waals surface area contributed by atoms with Gasteiger partial charge in [0.05, 0.1) is 7.11 Å². The molecule has 0 aliphatic heterocycles. The molecule has 0 heterocycles. The number of hydrogen-bond donors (Lipinski definition) is 3. The van der Waals surface area contributed by atoms with Crippen molar-refractivity contribution in [2.75, 3.05) is 7.11 Å². The molecule has 0 unspecified atom stereocenters. The van der Waals surface area contributed by atoms with E-state index in [1.54, 1.807) is 42.5 Å². The second-order valence-corrected chi connectivity index (χ2v) is 5.79. The van der Waals surface area contributed by atoms with E-state index in [0.29, 0.717) is 23.3 Å². The molecule has 0 spiro atoms. The molecule has 0 atom stereocenters. The molecule has 0 saturated heterocycles. The summed E-state index contributed by atoms with van der Waals surface area (Å²) in [5.74, 6) is 0.586. The molecular formula is C20H22O4. The summed E-state index contributed by atoms with van der Waals surface area (Å²) >= 11 is 0. The molecule has 3 N–H and O–H groups in total. The van der Waals surface area contributed by atoms with Gasteiger partial charge in [0.1, 0.15) is 11.5 Å². The van der Waals surface area contributed by atoms with Crippen molar-refractivity contribution in [1.82, 2.24) is 0 Å². The third-order valence-electron chi connectivity index (χ3n) is 3.61. The van der Waals surface area contributed by atoms with Gasteiger partial charge in [-0.2, -0.15) is 0 Å². The Labute approximate surface area is 142 Å². The minimum absolute atomic E-state index is 0.0578. The molecule has 0 amide bonds. The first kappa shape index (κ1) is 17.5. The normalized spacial score (nSPS) is 10.8. The zero-order valence-corrected chi connectivity index (χ0v) is 14.1. The average Bonchev–Trinajstić information content (AvgIpc) is 2.52. The summed E-state index contributed by atoms with van der Waals surface area (Å²) in [5, 5.41) is 30.0. The maximum atomic E-state index is 10.1. The van der Waals surface area contributed by atoms with Gasteiger partial charge < -0.3 is 20.1 Å². The Kier molecular flexibility index (Phi) is 5.53. The number of ether oxygens (including phenoxy) is 1. The Morgan fingerprint density at radius 3 is 2.04 bits per heavy atom. The summed E-state index contributed by atoms with van der Waals surface area (Å²) in [7, 11) is 1.49. The fraction of sp³-hybridized carbons (Fsp3) is 0.200. The first-order valence-electron chi connectivity index (χ1n) is 7.64. The Hall–Kier alpha value is -2.88. The predicted molar refractivity (Wildman–Crippen MR) is 96.5 cm³/mol. The van der Waals surface area contributed by atoms with Gasteiger partial charge in [-0.3, -0.25) is 0 Å². The Morgan fingerprint density at radius 1 is 0.917 bits per heavy atom. The van der Waals surface area contributed by atoms with Gasteiger partial charge in [0.15, 0.2) is 11.5 Å². The highest BCUT2D eigenvalue weighted by Gasteiger charge is 2.08. The van der Waals surface area contributed by atoms with E-state index < -0.39 is 0 Å². The lowest BCUT2D eigenvalue weighted by Gasteiger charge is -2.07. The van der Waals surface area contributed by atoms with Crippen LogP contribution in [0.4, 0.5) is 0 Å². The molecule has 4 heteroatoms. The zero-order chi connectivity index (χ0) is 17.7. The van der Waals surface area contributed by atoms with E-state index in [4.69, 9.17) is 4.74 Å². The Bertz CT molecular complexity index is 761. The maximum absolute atomic E-state index is 10.1. The first-order valence-corrected chi connectivity index (χ1v) is 7.64.